The molecule has 2 N–H and O–H groups in total. The van der Waals surface area contributed by atoms with Gasteiger partial charge in [0.05, 0.1) is 15.6 Å². The summed E-state index contributed by atoms with van der Waals surface area (Å²) in [6.07, 6.45) is 1.08. The van der Waals surface area contributed by atoms with Crippen molar-refractivity contribution in [2.75, 3.05) is 19.6 Å². The van der Waals surface area contributed by atoms with Gasteiger partial charge in [-0.1, -0.05) is 36.2 Å². The van der Waals surface area contributed by atoms with E-state index in [1.165, 1.54) is 0 Å². The van der Waals surface area contributed by atoms with Gasteiger partial charge >= 0.3 is 0 Å². The predicted molar refractivity (Wildman–Crippen MR) is 79.2 cm³/mol. The molecule has 0 aliphatic heterocycles. The molecule has 0 aliphatic carbocycles. The summed E-state index contributed by atoms with van der Waals surface area (Å²) in [6.45, 7) is 4.37. The third-order valence-corrected chi connectivity index (χ3v) is 3.03. The Kier molecular flexibility index (Phi) is 9.20. The highest BCUT2D eigenvalue weighted by molar-refractivity contribution is 6.43. The van der Waals surface area contributed by atoms with Crippen LogP contribution >= 0.6 is 35.6 Å². The van der Waals surface area contributed by atoms with Crippen molar-refractivity contribution in [3.8, 4) is 0 Å². The van der Waals surface area contributed by atoms with Gasteiger partial charge in [0.1, 0.15) is 0 Å². The number of amides is 1. The highest BCUT2D eigenvalue weighted by Crippen LogP contribution is 2.25. The number of benzene rings is 1. The molecule has 102 valence electrons. The monoisotopic (exact) mass is 310 g/mol. The summed E-state index contributed by atoms with van der Waals surface area (Å²) in [5.41, 5.74) is 0.412. The normalized spacial score (nSPS) is 9.72. The van der Waals surface area contributed by atoms with Crippen molar-refractivity contribution in [2.24, 2.45) is 0 Å². The lowest BCUT2D eigenvalue weighted by Gasteiger charge is -2.08. The maximum Gasteiger partial charge on any atom is 0.252 e. The topological polar surface area (TPSA) is 41.1 Å². The standard InChI is InChI=1S/C12H16Cl2N2O.ClH/c1-2-6-15-7-8-16-12(17)9-4-3-5-10(13)11(9)14;/h3-5,15H,2,6-8H2,1H3,(H,16,17);1H. The van der Waals surface area contributed by atoms with E-state index in [9.17, 15) is 4.79 Å². The molecule has 0 radical (unpaired) electrons. The van der Waals surface area contributed by atoms with Gasteiger partial charge in [-0.05, 0) is 25.1 Å². The first-order chi connectivity index (χ1) is 8.16. The smallest absolute Gasteiger partial charge is 0.252 e. The third kappa shape index (κ3) is 5.44. The van der Waals surface area contributed by atoms with Crippen molar-refractivity contribution in [3.63, 3.8) is 0 Å². The minimum atomic E-state index is -0.198. The van der Waals surface area contributed by atoms with Crippen molar-refractivity contribution in [3.05, 3.63) is 33.8 Å². The van der Waals surface area contributed by atoms with Gasteiger partial charge in [-0.2, -0.15) is 0 Å². The van der Waals surface area contributed by atoms with E-state index >= 15 is 0 Å². The summed E-state index contributed by atoms with van der Waals surface area (Å²) < 4.78 is 0. The van der Waals surface area contributed by atoms with Crippen LogP contribution in [0.25, 0.3) is 0 Å². The van der Waals surface area contributed by atoms with Gasteiger partial charge in [-0.25, -0.2) is 0 Å². The van der Waals surface area contributed by atoms with Crippen LogP contribution in [0.4, 0.5) is 0 Å². The van der Waals surface area contributed by atoms with Crippen LogP contribution in [0.1, 0.15) is 23.7 Å². The van der Waals surface area contributed by atoms with E-state index < -0.39 is 0 Å². The second-order valence-electron chi connectivity index (χ2n) is 3.61. The third-order valence-electron chi connectivity index (χ3n) is 2.21. The maximum absolute atomic E-state index is 11.8. The summed E-state index contributed by atoms with van der Waals surface area (Å²) in [4.78, 5) is 11.8. The lowest BCUT2D eigenvalue weighted by atomic mass is 10.2. The molecule has 0 fully saturated rings. The fraction of sp³-hybridized carbons (Fsp3) is 0.417. The molecule has 0 aliphatic rings. The van der Waals surface area contributed by atoms with Crippen LogP contribution in [0, 0.1) is 0 Å². The molecule has 1 aromatic rings. The quantitative estimate of drug-likeness (QED) is 0.792. The minimum absolute atomic E-state index is 0. The molecule has 6 heteroatoms. The Morgan fingerprint density at radius 2 is 1.94 bits per heavy atom. The zero-order valence-corrected chi connectivity index (χ0v) is 12.5. The molecule has 0 unspecified atom stereocenters. The molecule has 0 spiro atoms. The number of halogens is 3. The van der Waals surface area contributed by atoms with E-state index in [2.05, 4.69) is 17.6 Å². The fourth-order valence-electron chi connectivity index (χ4n) is 1.34. The zero-order chi connectivity index (χ0) is 12.7. The van der Waals surface area contributed by atoms with E-state index in [0.29, 0.717) is 22.2 Å². The molecule has 0 aromatic heterocycles. The van der Waals surface area contributed by atoms with Crippen LogP contribution in [-0.2, 0) is 0 Å². The van der Waals surface area contributed by atoms with Crippen LogP contribution in [0.3, 0.4) is 0 Å². The Balaban J connectivity index is 0.00000289. The molecule has 0 saturated heterocycles. The highest BCUT2D eigenvalue weighted by Gasteiger charge is 2.11. The zero-order valence-electron chi connectivity index (χ0n) is 10.1. The van der Waals surface area contributed by atoms with Gasteiger partial charge < -0.3 is 10.6 Å². The lowest BCUT2D eigenvalue weighted by Crippen LogP contribution is -2.32. The van der Waals surface area contributed by atoms with Gasteiger partial charge in [-0.15, -0.1) is 12.4 Å². The number of carbonyl (C=O) groups excluding carboxylic acids is 1. The van der Waals surface area contributed by atoms with Crippen LogP contribution in [0.5, 0.6) is 0 Å². The number of hydrogen-bond donors (Lipinski definition) is 2. The van der Waals surface area contributed by atoms with E-state index in [1.54, 1.807) is 18.2 Å². The van der Waals surface area contributed by atoms with Crippen LogP contribution in [0.15, 0.2) is 18.2 Å². The van der Waals surface area contributed by atoms with Crippen molar-refractivity contribution >= 4 is 41.5 Å². The second-order valence-corrected chi connectivity index (χ2v) is 4.39. The summed E-state index contributed by atoms with van der Waals surface area (Å²) in [5.74, 6) is -0.198. The lowest BCUT2D eigenvalue weighted by molar-refractivity contribution is 0.0954. The molecular weight excluding hydrogens is 295 g/mol. The number of rotatable bonds is 6. The molecule has 1 aromatic carbocycles. The molecule has 3 nitrogen and oxygen atoms in total. The van der Waals surface area contributed by atoms with Gasteiger partial charge in [-0.3, -0.25) is 4.79 Å². The summed E-state index contributed by atoms with van der Waals surface area (Å²) >= 11 is 11.8. The Morgan fingerprint density at radius 1 is 1.22 bits per heavy atom. The molecule has 0 bridgehead atoms. The number of hydrogen-bond acceptors (Lipinski definition) is 2. The van der Waals surface area contributed by atoms with Gasteiger partial charge in [0.15, 0.2) is 0 Å². The van der Waals surface area contributed by atoms with Gasteiger partial charge in [0.25, 0.3) is 5.91 Å². The van der Waals surface area contributed by atoms with Gasteiger partial charge in [0.2, 0.25) is 0 Å². The minimum Gasteiger partial charge on any atom is -0.351 e. The first-order valence-corrected chi connectivity index (χ1v) is 6.35. The molecule has 1 amide bonds. The van der Waals surface area contributed by atoms with Gasteiger partial charge in [0, 0.05) is 13.1 Å². The SMILES string of the molecule is CCCNCCNC(=O)c1cccc(Cl)c1Cl.Cl. The van der Waals surface area contributed by atoms with Crippen LogP contribution in [0.2, 0.25) is 10.0 Å². The largest absolute Gasteiger partial charge is 0.351 e. The Morgan fingerprint density at radius 3 is 2.61 bits per heavy atom. The Labute approximate surface area is 124 Å². The number of carbonyl (C=O) groups is 1. The summed E-state index contributed by atoms with van der Waals surface area (Å²) in [7, 11) is 0. The summed E-state index contributed by atoms with van der Waals surface area (Å²) in [5, 5.41) is 6.67. The molecular formula is C12H17Cl3N2O. The molecule has 18 heavy (non-hydrogen) atoms. The fourth-order valence-corrected chi connectivity index (χ4v) is 1.73. The van der Waals surface area contributed by atoms with E-state index in [1.807, 2.05) is 0 Å². The van der Waals surface area contributed by atoms with Crippen molar-refractivity contribution in [2.45, 2.75) is 13.3 Å². The van der Waals surface area contributed by atoms with Crippen molar-refractivity contribution < 1.29 is 4.79 Å². The average Bonchev–Trinajstić information content (AvgIpc) is 2.32. The highest BCUT2D eigenvalue weighted by atomic mass is 35.5. The molecule has 0 heterocycles. The van der Waals surface area contributed by atoms with E-state index in [0.717, 1.165) is 19.5 Å². The first kappa shape index (κ1) is 17.5. The van der Waals surface area contributed by atoms with Crippen LogP contribution in [-0.4, -0.2) is 25.5 Å². The average molecular weight is 312 g/mol. The number of nitrogens with one attached hydrogen (secondary N) is 2. The second kappa shape index (κ2) is 9.45. The van der Waals surface area contributed by atoms with Crippen molar-refractivity contribution in [1.82, 2.24) is 10.6 Å². The Bertz CT molecular complexity index is 386. The molecule has 1 rings (SSSR count). The van der Waals surface area contributed by atoms with E-state index in [-0.39, 0.29) is 18.3 Å². The van der Waals surface area contributed by atoms with Crippen LogP contribution < -0.4 is 10.6 Å². The molecule has 0 saturated carbocycles. The molecule has 0 atom stereocenters. The van der Waals surface area contributed by atoms with E-state index in [4.69, 9.17) is 23.2 Å². The maximum atomic E-state index is 11.8. The first-order valence-electron chi connectivity index (χ1n) is 5.59. The Hall–Kier alpha value is -0.480. The summed E-state index contributed by atoms with van der Waals surface area (Å²) in [6, 6.07) is 5.02. The predicted octanol–water partition coefficient (Wildman–Crippen LogP) is 3.14. The van der Waals surface area contributed by atoms with Crippen molar-refractivity contribution in [1.29, 1.82) is 0 Å².